The van der Waals surface area contributed by atoms with Gasteiger partial charge >= 0.3 is 0 Å². The predicted octanol–water partition coefficient (Wildman–Crippen LogP) is 1.87. The van der Waals surface area contributed by atoms with Crippen molar-refractivity contribution < 1.29 is 23.5 Å². The number of benzene rings is 1. The van der Waals surface area contributed by atoms with Crippen molar-refractivity contribution in [1.82, 2.24) is 4.90 Å². The van der Waals surface area contributed by atoms with Crippen LogP contribution < -0.4 is 0 Å². The summed E-state index contributed by atoms with van der Waals surface area (Å²) in [5.74, 6) is -3.62. The molecular weight excluding hydrogens is 268 g/mol. The first-order valence-electron chi connectivity index (χ1n) is 6.49. The molecule has 0 spiro atoms. The fraction of sp³-hybridized carbons (Fsp3) is 0.429. The molecule has 0 atom stereocenters. The molecule has 0 unspecified atom stereocenters. The highest BCUT2D eigenvalue weighted by Crippen LogP contribution is 2.40. The normalized spacial score (nSPS) is 20.6. The Hall–Kier alpha value is -1.82. The largest absolute Gasteiger partial charge is 0.394 e. The van der Waals surface area contributed by atoms with Crippen molar-refractivity contribution in [2.75, 3.05) is 6.61 Å². The average molecular weight is 281 g/mol. The molecular formula is C14H13F2NO3. The molecule has 20 heavy (non-hydrogen) atoms. The van der Waals surface area contributed by atoms with E-state index < -0.39 is 29.0 Å². The third-order valence-electron chi connectivity index (χ3n) is 4.23. The van der Waals surface area contributed by atoms with Gasteiger partial charge in [0.25, 0.3) is 11.8 Å². The molecule has 1 aliphatic heterocycles. The lowest BCUT2D eigenvalue weighted by Crippen LogP contribution is -2.52. The molecule has 0 radical (unpaired) electrons. The van der Waals surface area contributed by atoms with Crippen LogP contribution in [0.15, 0.2) is 12.1 Å². The Kier molecular flexibility index (Phi) is 2.86. The van der Waals surface area contributed by atoms with Crippen LogP contribution in [-0.4, -0.2) is 34.0 Å². The number of amides is 2. The summed E-state index contributed by atoms with van der Waals surface area (Å²) in [6, 6.07) is 1.51. The zero-order valence-electron chi connectivity index (χ0n) is 10.7. The molecule has 4 nitrogen and oxygen atoms in total. The summed E-state index contributed by atoms with van der Waals surface area (Å²) in [6.07, 6.45) is 2.63. The van der Waals surface area contributed by atoms with Crippen LogP contribution in [-0.2, 0) is 0 Å². The fourth-order valence-corrected chi connectivity index (χ4v) is 3.15. The summed E-state index contributed by atoms with van der Waals surface area (Å²) < 4.78 is 26.5. The van der Waals surface area contributed by atoms with Gasteiger partial charge in [0.05, 0.1) is 23.3 Å². The maximum atomic E-state index is 13.2. The second-order valence-electron chi connectivity index (χ2n) is 5.35. The second kappa shape index (κ2) is 4.34. The van der Waals surface area contributed by atoms with Crippen molar-refractivity contribution in [2.24, 2.45) is 0 Å². The molecule has 2 amide bonds. The van der Waals surface area contributed by atoms with E-state index in [2.05, 4.69) is 0 Å². The molecule has 106 valence electrons. The van der Waals surface area contributed by atoms with E-state index in [-0.39, 0.29) is 17.7 Å². The standard InChI is InChI=1S/C14H13F2NO3/c15-10-5-8-9(6-11(10)16)13(20)17(12(8)19)14(7-18)3-1-2-4-14/h5-6,18H,1-4,7H2. The lowest BCUT2D eigenvalue weighted by molar-refractivity contribution is 0.0268. The lowest BCUT2D eigenvalue weighted by Gasteiger charge is -2.35. The first kappa shape index (κ1) is 13.2. The van der Waals surface area contributed by atoms with Gasteiger partial charge in [-0.3, -0.25) is 14.5 Å². The molecule has 1 aliphatic carbocycles. The van der Waals surface area contributed by atoms with E-state index in [4.69, 9.17) is 0 Å². The number of fused-ring (bicyclic) bond motifs is 1. The van der Waals surface area contributed by atoms with Crippen molar-refractivity contribution in [3.05, 3.63) is 34.9 Å². The quantitative estimate of drug-likeness (QED) is 0.842. The van der Waals surface area contributed by atoms with E-state index in [9.17, 15) is 23.5 Å². The summed E-state index contributed by atoms with van der Waals surface area (Å²) in [5, 5.41) is 9.61. The molecule has 6 heteroatoms. The molecule has 1 fully saturated rings. The van der Waals surface area contributed by atoms with Crippen molar-refractivity contribution >= 4 is 11.8 Å². The van der Waals surface area contributed by atoms with E-state index in [0.717, 1.165) is 29.9 Å². The molecule has 1 heterocycles. The number of nitrogens with zero attached hydrogens (tertiary/aromatic N) is 1. The van der Waals surface area contributed by atoms with Gasteiger partial charge < -0.3 is 5.11 Å². The van der Waals surface area contributed by atoms with Crippen LogP contribution in [0, 0.1) is 11.6 Å². The van der Waals surface area contributed by atoms with Gasteiger partial charge in [-0.2, -0.15) is 0 Å². The minimum atomic E-state index is -1.16. The highest BCUT2D eigenvalue weighted by Gasteiger charge is 2.50. The SMILES string of the molecule is O=C1c2cc(F)c(F)cc2C(=O)N1C1(CO)CCCC1. The van der Waals surface area contributed by atoms with Crippen LogP contribution >= 0.6 is 0 Å². The van der Waals surface area contributed by atoms with Gasteiger partial charge in [-0.05, 0) is 25.0 Å². The number of carbonyl (C=O) groups excluding carboxylic acids is 2. The van der Waals surface area contributed by atoms with Crippen LogP contribution in [0.3, 0.4) is 0 Å². The molecule has 1 aromatic rings. The average Bonchev–Trinajstić information content (AvgIpc) is 2.98. The molecule has 3 rings (SSSR count). The van der Waals surface area contributed by atoms with E-state index in [0.29, 0.717) is 12.8 Å². The van der Waals surface area contributed by atoms with Crippen LogP contribution in [0.1, 0.15) is 46.4 Å². The fourth-order valence-electron chi connectivity index (χ4n) is 3.15. The molecule has 1 aromatic carbocycles. The van der Waals surface area contributed by atoms with Gasteiger partial charge in [-0.1, -0.05) is 12.8 Å². The molecule has 0 aromatic heterocycles. The first-order chi connectivity index (χ1) is 9.50. The van der Waals surface area contributed by atoms with Gasteiger partial charge in [0.1, 0.15) is 0 Å². The number of aliphatic hydroxyl groups excluding tert-OH is 1. The number of halogens is 2. The number of imide groups is 1. The Bertz CT molecular complexity index is 568. The molecule has 0 saturated heterocycles. The van der Waals surface area contributed by atoms with Crippen LogP contribution in [0.2, 0.25) is 0 Å². The van der Waals surface area contributed by atoms with E-state index in [1.54, 1.807) is 0 Å². The van der Waals surface area contributed by atoms with Gasteiger partial charge in [0.15, 0.2) is 11.6 Å². The summed E-state index contributed by atoms with van der Waals surface area (Å²) in [7, 11) is 0. The van der Waals surface area contributed by atoms with Gasteiger partial charge in [0.2, 0.25) is 0 Å². The smallest absolute Gasteiger partial charge is 0.262 e. The highest BCUT2D eigenvalue weighted by atomic mass is 19.2. The number of carbonyl (C=O) groups is 2. The Morgan fingerprint density at radius 1 is 1.05 bits per heavy atom. The number of aliphatic hydroxyl groups is 1. The Morgan fingerprint density at radius 3 is 1.90 bits per heavy atom. The number of rotatable bonds is 2. The molecule has 1 N–H and O–H groups in total. The van der Waals surface area contributed by atoms with Crippen LogP contribution in [0.5, 0.6) is 0 Å². The highest BCUT2D eigenvalue weighted by molar-refractivity contribution is 6.21. The van der Waals surface area contributed by atoms with Gasteiger partial charge in [-0.25, -0.2) is 8.78 Å². The minimum Gasteiger partial charge on any atom is -0.394 e. The second-order valence-corrected chi connectivity index (χ2v) is 5.35. The summed E-state index contributed by atoms with van der Waals surface area (Å²) in [6.45, 7) is -0.330. The zero-order chi connectivity index (χ0) is 14.5. The van der Waals surface area contributed by atoms with Gasteiger partial charge in [0, 0.05) is 0 Å². The monoisotopic (exact) mass is 281 g/mol. The van der Waals surface area contributed by atoms with Crippen molar-refractivity contribution in [3.8, 4) is 0 Å². The summed E-state index contributed by atoms with van der Waals surface area (Å²) >= 11 is 0. The maximum Gasteiger partial charge on any atom is 0.262 e. The van der Waals surface area contributed by atoms with Crippen molar-refractivity contribution in [3.63, 3.8) is 0 Å². The third-order valence-corrected chi connectivity index (χ3v) is 4.23. The Labute approximate surface area is 114 Å². The number of hydrogen-bond donors (Lipinski definition) is 1. The minimum absolute atomic E-state index is 0.131. The van der Waals surface area contributed by atoms with E-state index in [1.165, 1.54) is 0 Å². The predicted molar refractivity (Wildman–Crippen MR) is 65.1 cm³/mol. The first-order valence-corrected chi connectivity index (χ1v) is 6.49. The zero-order valence-corrected chi connectivity index (χ0v) is 10.7. The van der Waals surface area contributed by atoms with Crippen LogP contribution in [0.25, 0.3) is 0 Å². The van der Waals surface area contributed by atoms with E-state index >= 15 is 0 Å². The van der Waals surface area contributed by atoms with Crippen molar-refractivity contribution in [2.45, 2.75) is 31.2 Å². The Morgan fingerprint density at radius 2 is 1.50 bits per heavy atom. The van der Waals surface area contributed by atoms with E-state index in [1.807, 2.05) is 0 Å². The van der Waals surface area contributed by atoms with Gasteiger partial charge in [-0.15, -0.1) is 0 Å². The number of hydrogen-bond acceptors (Lipinski definition) is 3. The van der Waals surface area contributed by atoms with Crippen LogP contribution in [0.4, 0.5) is 8.78 Å². The molecule has 2 aliphatic rings. The lowest BCUT2D eigenvalue weighted by atomic mass is 9.96. The summed E-state index contributed by atoms with van der Waals surface area (Å²) in [5.41, 5.74) is -1.19. The third kappa shape index (κ3) is 1.61. The molecule has 1 saturated carbocycles. The maximum absolute atomic E-state index is 13.2. The van der Waals surface area contributed by atoms with Crippen molar-refractivity contribution in [1.29, 1.82) is 0 Å². The Balaban J connectivity index is 2.09. The summed E-state index contributed by atoms with van der Waals surface area (Å²) in [4.78, 5) is 25.6. The molecule has 0 bridgehead atoms. The topological polar surface area (TPSA) is 57.6 Å².